The first kappa shape index (κ1) is 16.9. The van der Waals surface area contributed by atoms with E-state index in [0.29, 0.717) is 6.20 Å². The van der Waals surface area contributed by atoms with Crippen LogP contribution in [-0.4, -0.2) is 48.2 Å². The van der Waals surface area contributed by atoms with Gasteiger partial charge >= 0.3 is 6.18 Å². The van der Waals surface area contributed by atoms with Gasteiger partial charge in [0.15, 0.2) is 0 Å². The summed E-state index contributed by atoms with van der Waals surface area (Å²) < 4.78 is 76.8. The summed E-state index contributed by atoms with van der Waals surface area (Å²) in [5.41, 5.74) is 3.62. The van der Waals surface area contributed by atoms with Crippen molar-refractivity contribution < 1.29 is 26.0 Å². The van der Waals surface area contributed by atoms with Gasteiger partial charge in [0, 0.05) is 25.2 Å². The molecule has 2 atom stereocenters. The maximum Gasteiger partial charge on any atom is 0.419 e. The summed E-state index contributed by atoms with van der Waals surface area (Å²) in [6.45, 7) is -0.587. The standard InChI is InChI=1S/C11H14F4N4O2S/c1-22(20,21)19-3-2-6(8(12)5-19)9-7(11(13,14)15)4-17-10(16)18-9/h4,6,8H,2-3,5H2,1H3,(H2,16,17,18)/t6-,8-/m0/s1. The van der Waals surface area contributed by atoms with E-state index in [-0.39, 0.29) is 18.9 Å². The van der Waals surface area contributed by atoms with Crippen LogP contribution in [0.1, 0.15) is 23.6 Å². The third kappa shape index (κ3) is 3.46. The third-order valence-electron chi connectivity index (χ3n) is 3.47. The van der Waals surface area contributed by atoms with E-state index < -0.39 is 46.1 Å². The van der Waals surface area contributed by atoms with Crippen LogP contribution in [0, 0.1) is 0 Å². The number of piperidine rings is 1. The number of halogens is 4. The molecule has 124 valence electrons. The van der Waals surface area contributed by atoms with Gasteiger partial charge in [-0.25, -0.2) is 22.8 Å². The topological polar surface area (TPSA) is 89.2 Å². The Bertz CT molecular complexity index is 665. The second-order valence-corrected chi connectivity index (χ2v) is 7.04. The van der Waals surface area contributed by atoms with Crippen molar-refractivity contribution in [1.82, 2.24) is 14.3 Å². The fourth-order valence-corrected chi connectivity index (χ4v) is 3.25. The van der Waals surface area contributed by atoms with Gasteiger partial charge < -0.3 is 5.73 Å². The molecule has 0 saturated carbocycles. The van der Waals surface area contributed by atoms with Crippen LogP contribution in [0.5, 0.6) is 0 Å². The Labute approximate surface area is 124 Å². The Hall–Kier alpha value is -1.49. The molecule has 1 aliphatic heterocycles. The number of rotatable bonds is 2. The smallest absolute Gasteiger partial charge is 0.368 e. The lowest BCUT2D eigenvalue weighted by Crippen LogP contribution is -2.44. The molecule has 0 unspecified atom stereocenters. The van der Waals surface area contributed by atoms with Crippen molar-refractivity contribution >= 4 is 16.0 Å². The number of sulfonamides is 1. The van der Waals surface area contributed by atoms with Gasteiger partial charge in [0.25, 0.3) is 0 Å². The van der Waals surface area contributed by atoms with Gasteiger partial charge in [0.2, 0.25) is 16.0 Å². The second kappa shape index (κ2) is 5.61. The van der Waals surface area contributed by atoms with Crippen molar-refractivity contribution in [2.24, 2.45) is 0 Å². The van der Waals surface area contributed by atoms with Crippen LogP contribution in [0.3, 0.4) is 0 Å². The summed E-state index contributed by atoms with van der Waals surface area (Å²) in [6, 6.07) is 0. The first-order chi connectivity index (χ1) is 10.00. The molecule has 2 rings (SSSR count). The number of nitrogens with two attached hydrogens (primary N) is 1. The molecule has 1 saturated heterocycles. The number of hydrogen-bond acceptors (Lipinski definition) is 5. The number of hydrogen-bond donors (Lipinski definition) is 1. The van der Waals surface area contributed by atoms with Gasteiger partial charge in [0.1, 0.15) is 6.17 Å². The van der Waals surface area contributed by atoms with E-state index in [2.05, 4.69) is 9.97 Å². The van der Waals surface area contributed by atoms with Crippen molar-refractivity contribution in [3.8, 4) is 0 Å². The fourth-order valence-electron chi connectivity index (χ4n) is 2.40. The van der Waals surface area contributed by atoms with Crippen molar-refractivity contribution in [2.45, 2.75) is 24.7 Å². The minimum atomic E-state index is -4.74. The fraction of sp³-hybridized carbons (Fsp3) is 0.636. The van der Waals surface area contributed by atoms with E-state index in [1.165, 1.54) is 0 Å². The number of aromatic nitrogens is 2. The number of anilines is 1. The quantitative estimate of drug-likeness (QED) is 0.815. The van der Waals surface area contributed by atoms with Crippen molar-refractivity contribution in [2.75, 3.05) is 25.1 Å². The highest BCUT2D eigenvalue weighted by Gasteiger charge is 2.42. The molecule has 1 aliphatic rings. The van der Waals surface area contributed by atoms with E-state index in [1.807, 2.05) is 0 Å². The highest BCUT2D eigenvalue weighted by atomic mass is 32.2. The molecule has 0 bridgehead atoms. The Kier molecular flexibility index (Phi) is 4.30. The highest BCUT2D eigenvalue weighted by molar-refractivity contribution is 7.88. The first-order valence-corrected chi connectivity index (χ1v) is 8.13. The normalized spacial score (nSPS) is 24.4. The summed E-state index contributed by atoms with van der Waals surface area (Å²) in [5, 5.41) is 0. The minimum absolute atomic E-state index is 0.0782. The van der Waals surface area contributed by atoms with Gasteiger partial charge in [-0.1, -0.05) is 0 Å². The summed E-state index contributed by atoms with van der Waals surface area (Å²) in [7, 11) is -3.60. The number of nitrogens with zero attached hydrogens (tertiary/aromatic N) is 3. The van der Waals surface area contributed by atoms with E-state index in [4.69, 9.17) is 5.73 Å². The largest absolute Gasteiger partial charge is 0.419 e. The minimum Gasteiger partial charge on any atom is -0.368 e. The zero-order chi connectivity index (χ0) is 16.7. The van der Waals surface area contributed by atoms with Crippen LogP contribution < -0.4 is 5.73 Å². The van der Waals surface area contributed by atoms with Crippen LogP contribution >= 0.6 is 0 Å². The molecule has 22 heavy (non-hydrogen) atoms. The summed E-state index contributed by atoms with van der Waals surface area (Å²) in [4.78, 5) is 6.84. The molecule has 1 aromatic heterocycles. The van der Waals surface area contributed by atoms with Crippen LogP contribution in [0.25, 0.3) is 0 Å². The molecule has 0 radical (unpaired) electrons. The third-order valence-corrected chi connectivity index (χ3v) is 4.74. The lowest BCUT2D eigenvalue weighted by Gasteiger charge is -2.33. The Balaban J connectivity index is 2.36. The Morgan fingerprint density at radius 3 is 2.55 bits per heavy atom. The van der Waals surface area contributed by atoms with Gasteiger partial charge in [0.05, 0.1) is 17.5 Å². The predicted octanol–water partition coefficient (Wildman–Crippen LogP) is 1.16. The second-order valence-electron chi connectivity index (χ2n) is 5.06. The van der Waals surface area contributed by atoms with Crippen LogP contribution in [0.2, 0.25) is 0 Å². The molecule has 0 aromatic carbocycles. The van der Waals surface area contributed by atoms with Crippen molar-refractivity contribution in [3.63, 3.8) is 0 Å². The predicted molar refractivity (Wildman–Crippen MR) is 70.1 cm³/mol. The molecule has 0 aliphatic carbocycles. The van der Waals surface area contributed by atoms with E-state index in [0.717, 1.165) is 10.6 Å². The maximum absolute atomic E-state index is 14.2. The monoisotopic (exact) mass is 342 g/mol. The molecule has 6 nitrogen and oxygen atoms in total. The van der Waals surface area contributed by atoms with Crippen molar-refractivity contribution in [3.05, 3.63) is 17.5 Å². The lowest BCUT2D eigenvalue weighted by atomic mass is 9.90. The summed E-state index contributed by atoms with van der Waals surface area (Å²) in [6.07, 6.45) is -5.22. The number of alkyl halides is 4. The maximum atomic E-state index is 14.2. The molecule has 1 fully saturated rings. The van der Waals surface area contributed by atoms with E-state index in [9.17, 15) is 26.0 Å². The van der Waals surface area contributed by atoms with E-state index >= 15 is 0 Å². The molecule has 0 spiro atoms. The highest BCUT2D eigenvalue weighted by Crippen LogP contribution is 2.38. The van der Waals surface area contributed by atoms with Crippen LogP contribution in [-0.2, 0) is 16.2 Å². The molecule has 2 N–H and O–H groups in total. The van der Waals surface area contributed by atoms with Gasteiger partial charge in [-0.2, -0.15) is 17.5 Å². The van der Waals surface area contributed by atoms with E-state index in [1.54, 1.807) is 0 Å². The first-order valence-electron chi connectivity index (χ1n) is 6.29. The van der Waals surface area contributed by atoms with Crippen molar-refractivity contribution in [1.29, 1.82) is 0 Å². The molecule has 1 aromatic rings. The molecular formula is C11H14F4N4O2S. The van der Waals surface area contributed by atoms with Crippen LogP contribution in [0.4, 0.5) is 23.5 Å². The Morgan fingerprint density at radius 1 is 1.41 bits per heavy atom. The molecule has 0 amide bonds. The zero-order valence-corrected chi connectivity index (χ0v) is 12.3. The van der Waals surface area contributed by atoms with Gasteiger partial charge in [-0.3, -0.25) is 0 Å². The van der Waals surface area contributed by atoms with Crippen LogP contribution in [0.15, 0.2) is 6.20 Å². The molecule has 2 heterocycles. The molecular weight excluding hydrogens is 328 g/mol. The summed E-state index contributed by atoms with van der Waals surface area (Å²) >= 11 is 0. The SMILES string of the molecule is CS(=O)(=O)N1CC[C@H](c2nc(N)ncc2C(F)(F)F)[C@@H](F)C1. The van der Waals surface area contributed by atoms with Gasteiger partial charge in [-0.05, 0) is 6.42 Å². The average molecular weight is 342 g/mol. The number of nitrogen functional groups attached to an aromatic ring is 1. The average Bonchev–Trinajstić information content (AvgIpc) is 2.35. The summed E-state index contributed by atoms with van der Waals surface area (Å²) in [5.74, 6) is -1.57. The van der Waals surface area contributed by atoms with Gasteiger partial charge in [-0.15, -0.1) is 0 Å². The lowest BCUT2D eigenvalue weighted by molar-refractivity contribution is -0.139. The zero-order valence-electron chi connectivity index (χ0n) is 11.5. The molecule has 11 heteroatoms. The Morgan fingerprint density at radius 2 is 2.05 bits per heavy atom.